The van der Waals surface area contributed by atoms with Gasteiger partial charge in [-0.15, -0.1) is 0 Å². The first-order valence-corrected chi connectivity index (χ1v) is 9.41. The fraction of sp³-hybridized carbons (Fsp3) is 0.550. The van der Waals surface area contributed by atoms with Crippen molar-refractivity contribution < 1.29 is 28.2 Å². The van der Waals surface area contributed by atoms with Crippen molar-refractivity contribution in [2.75, 3.05) is 31.1 Å². The van der Waals surface area contributed by atoms with E-state index in [2.05, 4.69) is 0 Å². The standard InChI is InChI=1S/C11H13FN2O2.C9H15NO3/c1-7-2-3-8(4-10(7)12)14-6-9(5-13)16-11(14)15;1-9(2,3)13-8(12)10-4-7(5-10)6-11/h2-4,9H,5-6,13H2,1H3;6-7H,4-5H2,1-3H3. The molecule has 2 amide bonds. The quantitative estimate of drug-likeness (QED) is 0.770. The number of hydrogen-bond acceptors (Lipinski definition) is 6. The molecule has 0 radical (unpaired) electrons. The number of anilines is 1. The molecule has 2 aliphatic heterocycles. The number of benzene rings is 1. The second-order valence-corrected chi connectivity index (χ2v) is 8.07. The van der Waals surface area contributed by atoms with Crippen molar-refractivity contribution >= 4 is 24.2 Å². The highest BCUT2D eigenvalue weighted by molar-refractivity contribution is 5.89. The van der Waals surface area contributed by atoms with Crippen LogP contribution in [0.1, 0.15) is 26.3 Å². The summed E-state index contributed by atoms with van der Waals surface area (Å²) in [5, 5.41) is 0. The minimum Gasteiger partial charge on any atom is -0.444 e. The van der Waals surface area contributed by atoms with E-state index in [1.807, 2.05) is 20.8 Å². The Morgan fingerprint density at radius 2 is 2.00 bits per heavy atom. The number of ether oxygens (including phenoxy) is 2. The summed E-state index contributed by atoms with van der Waals surface area (Å²) < 4.78 is 23.4. The minimum atomic E-state index is -0.473. The van der Waals surface area contributed by atoms with Crippen LogP contribution in [-0.2, 0) is 14.3 Å². The third-order valence-electron chi connectivity index (χ3n) is 4.36. The zero-order valence-corrected chi connectivity index (χ0v) is 17.2. The topological polar surface area (TPSA) is 102 Å². The minimum absolute atomic E-state index is 0.00696. The van der Waals surface area contributed by atoms with Gasteiger partial charge in [0.25, 0.3) is 0 Å². The lowest BCUT2D eigenvalue weighted by Crippen LogP contribution is -2.52. The lowest BCUT2D eigenvalue weighted by Gasteiger charge is -2.36. The summed E-state index contributed by atoms with van der Waals surface area (Å²) in [5.41, 5.74) is 6.01. The van der Waals surface area contributed by atoms with Gasteiger partial charge in [0.2, 0.25) is 0 Å². The number of nitrogens with zero attached hydrogens (tertiary/aromatic N) is 2. The van der Waals surface area contributed by atoms with E-state index >= 15 is 0 Å². The Morgan fingerprint density at radius 1 is 1.34 bits per heavy atom. The molecule has 1 aromatic carbocycles. The molecule has 0 aliphatic carbocycles. The maximum absolute atomic E-state index is 13.3. The molecular formula is C20H28FN3O5. The Bertz CT molecular complexity index is 759. The van der Waals surface area contributed by atoms with Crippen LogP contribution in [0, 0.1) is 18.7 Å². The third-order valence-corrected chi connectivity index (χ3v) is 4.36. The van der Waals surface area contributed by atoms with E-state index in [9.17, 15) is 18.8 Å². The van der Waals surface area contributed by atoms with E-state index in [1.54, 1.807) is 19.1 Å². The van der Waals surface area contributed by atoms with Crippen molar-refractivity contribution in [3.63, 3.8) is 0 Å². The number of halogens is 1. The number of aldehydes is 1. The highest BCUT2D eigenvalue weighted by Crippen LogP contribution is 2.23. The van der Waals surface area contributed by atoms with E-state index < -0.39 is 11.7 Å². The maximum atomic E-state index is 13.3. The Kier molecular flexibility index (Phi) is 7.18. The Balaban J connectivity index is 0.000000212. The fourth-order valence-corrected chi connectivity index (χ4v) is 2.68. The van der Waals surface area contributed by atoms with Gasteiger partial charge in [0.05, 0.1) is 18.2 Å². The van der Waals surface area contributed by atoms with Crippen LogP contribution in [0.3, 0.4) is 0 Å². The SMILES string of the molecule is CC(C)(C)OC(=O)N1CC(C=O)C1.Cc1ccc(N2CC(CN)OC2=O)cc1F. The first kappa shape index (κ1) is 22.6. The Labute approximate surface area is 169 Å². The van der Waals surface area contributed by atoms with E-state index in [0.29, 0.717) is 30.9 Å². The predicted molar refractivity (Wildman–Crippen MR) is 105 cm³/mol. The van der Waals surface area contributed by atoms with Crippen molar-refractivity contribution in [3.8, 4) is 0 Å². The summed E-state index contributed by atoms with van der Waals surface area (Å²) in [5.74, 6) is -0.325. The molecule has 9 heteroatoms. The molecule has 1 unspecified atom stereocenters. The Morgan fingerprint density at radius 3 is 2.48 bits per heavy atom. The van der Waals surface area contributed by atoms with Gasteiger partial charge in [0, 0.05) is 19.6 Å². The molecule has 0 bridgehead atoms. The highest BCUT2D eigenvalue weighted by atomic mass is 19.1. The summed E-state index contributed by atoms with van der Waals surface area (Å²) in [7, 11) is 0. The third kappa shape index (κ3) is 6.15. The summed E-state index contributed by atoms with van der Waals surface area (Å²) >= 11 is 0. The first-order chi connectivity index (χ1) is 13.5. The van der Waals surface area contributed by atoms with Gasteiger partial charge in [-0.3, -0.25) is 4.90 Å². The van der Waals surface area contributed by atoms with Crippen molar-refractivity contribution in [1.29, 1.82) is 0 Å². The van der Waals surface area contributed by atoms with Crippen LogP contribution in [0.2, 0.25) is 0 Å². The summed E-state index contributed by atoms with van der Waals surface area (Å²) in [4.78, 5) is 35.9. The molecule has 0 spiro atoms. The van der Waals surface area contributed by atoms with Gasteiger partial charge in [-0.2, -0.15) is 0 Å². The van der Waals surface area contributed by atoms with Crippen LogP contribution in [0.4, 0.5) is 19.7 Å². The average Bonchev–Trinajstić information content (AvgIpc) is 2.96. The van der Waals surface area contributed by atoms with Gasteiger partial charge >= 0.3 is 12.2 Å². The van der Waals surface area contributed by atoms with E-state index in [4.69, 9.17) is 15.2 Å². The van der Waals surface area contributed by atoms with Crippen LogP contribution >= 0.6 is 0 Å². The Hall–Kier alpha value is -2.68. The zero-order valence-electron chi connectivity index (χ0n) is 17.2. The predicted octanol–water partition coefficient (Wildman–Crippen LogP) is 2.47. The molecule has 29 heavy (non-hydrogen) atoms. The van der Waals surface area contributed by atoms with Gasteiger partial charge in [-0.25, -0.2) is 14.0 Å². The molecule has 2 fully saturated rings. The number of aryl methyl sites for hydroxylation is 1. The smallest absolute Gasteiger partial charge is 0.414 e. The van der Waals surface area contributed by atoms with Gasteiger partial charge in [0.15, 0.2) is 0 Å². The molecule has 2 saturated heterocycles. The van der Waals surface area contributed by atoms with Crippen molar-refractivity contribution in [3.05, 3.63) is 29.6 Å². The van der Waals surface area contributed by atoms with Crippen molar-refractivity contribution in [1.82, 2.24) is 4.90 Å². The van der Waals surface area contributed by atoms with Crippen molar-refractivity contribution in [2.24, 2.45) is 11.7 Å². The number of cyclic esters (lactones) is 1. The molecule has 2 N–H and O–H groups in total. The van der Waals surface area contributed by atoms with Gasteiger partial charge in [-0.1, -0.05) is 6.07 Å². The second kappa shape index (κ2) is 9.21. The van der Waals surface area contributed by atoms with Gasteiger partial charge in [0.1, 0.15) is 23.8 Å². The van der Waals surface area contributed by atoms with Gasteiger partial charge in [-0.05, 0) is 45.4 Å². The monoisotopic (exact) mass is 409 g/mol. The van der Waals surface area contributed by atoms with Crippen LogP contribution < -0.4 is 10.6 Å². The zero-order chi connectivity index (χ0) is 21.8. The maximum Gasteiger partial charge on any atom is 0.414 e. The number of carbonyl (C=O) groups is 3. The normalized spacial score (nSPS) is 19.1. The lowest BCUT2D eigenvalue weighted by molar-refractivity contribution is -0.115. The fourth-order valence-electron chi connectivity index (χ4n) is 2.68. The summed E-state index contributed by atoms with van der Waals surface area (Å²) in [6.07, 6.45) is -0.234. The van der Waals surface area contributed by atoms with Gasteiger partial charge < -0.3 is 24.9 Å². The number of hydrogen-bond donors (Lipinski definition) is 1. The van der Waals surface area contributed by atoms with Crippen LogP contribution in [0.15, 0.2) is 18.2 Å². The van der Waals surface area contributed by atoms with E-state index in [1.165, 1.54) is 15.9 Å². The second-order valence-electron chi connectivity index (χ2n) is 8.07. The molecule has 3 rings (SSSR count). The largest absolute Gasteiger partial charge is 0.444 e. The number of likely N-dealkylation sites (tertiary alicyclic amines) is 1. The molecule has 8 nitrogen and oxygen atoms in total. The molecule has 2 aliphatic rings. The first-order valence-electron chi connectivity index (χ1n) is 9.41. The van der Waals surface area contributed by atoms with E-state index in [-0.39, 0.29) is 30.5 Å². The van der Waals surface area contributed by atoms with Crippen molar-refractivity contribution in [2.45, 2.75) is 39.4 Å². The molecule has 0 saturated carbocycles. The number of carbonyl (C=O) groups excluding carboxylic acids is 3. The molecule has 0 aromatic heterocycles. The number of nitrogens with two attached hydrogens (primary N) is 1. The number of amides is 2. The average molecular weight is 409 g/mol. The van der Waals surface area contributed by atoms with Crippen LogP contribution in [0.25, 0.3) is 0 Å². The summed E-state index contributed by atoms with van der Waals surface area (Å²) in [6.45, 7) is 8.78. The molecular weight excluding hydrogens is 381 g/mol. The van der Waals surface area contributed by atoms with Crippen LogP contribution in [0.5, 0.6) is 0 Å². The van der Waals surface area contributed by atoms with E-state index in [0.717, 1.165) is 6.29 Å². The lowest BCUT2D eigenvalue weighted by atomic mass is 10.0. The molecule has 2 heterocycles. The highest BCUT2D eigenvalue weighted by Gasteiger charge is 2.33. The summed E-state index contributed by atoms with van der Waals surface area (Å²) in [6, 6.07) is 4.65. The van der Waals surface area contributed by atoms with Crippen LogP contribution in [-0.4, -0.2) is 61.3 Å². The molecule has 1 atom stereocenters. The number of rotatable bonds is 3. The molecule has 1 aromatic rings. The molecule has 160 valence electrons.